The molecule has 3 aromatic rings. The van der Waals surface area contributed by atoms with Crippen molar-refractivity contribution in [3.63, 3.8) is 0 Å². The van der Waals surface area contributed by atoms with E-state index in [-0.39, 0.29) is 5.56 Å². The average Bonchev–Trinajstić information content (AvgIpc) is 3.30. The van der Waals surface area contributed by atoms with Gasteiger partial charge in [0.1, 0.15) is 5.92 Å². The smallest absolute Gasteiger partial charge is 0.335 e. The van der Waals surface area contributed by atoms with E-state index >= 15 is 0 Å². The summed E-state index contributed by atoms with van der Waals surface area (Å²) in [6, 6.07) is 19.8. The van der Waals surface area contributed by atoms with E-state index in [0.717, 1.165) is 21.7 Å². The van der Waals surface area contributed by atoms with Gasteiger partial charge in [0.2, 0.25) is 5.91 Å². The minimum absolute atomic E-state index is 0.0663. The second-order valence-corrected chi connectivity index (χ2v) is 8.51. The van der Waals surface area contributed by atoms with Crippen LogP contribution >= 0.6 is 11.6 Å². The molecule has 0 saturated carbocycles. The highest BCUT2D eigenvalue weighted by molar-refractivity contribution is 6.30. The van der Waals surface area contributed by atoms with Crippen molar-refractivity contribution in [2.24, 2.45) is 5.92 Å². The molecule has 0 aromatic heterocycles. The zero-order valence-corrected chi connectivity index (χ0v) is 18.3. The van der Waals surface area contributed by atoms with E-state index in [1.165, 1.54) is 24.3 Å². The van der Waals surface area contributed by atoms with Crippen molar-refractivity contribution in [2.75, 3.05) is 9.96 Å². The van der Waals surface area contributed by atoms with Crippen LogP contribution in [0.1, 0.15) is 27.5 Å². The second kappa shape index (κ2) is 8.03. The van der Waals surface area contributed by atoms with Gasteiger partial charge in [0.05, 0.1) is 23.0 Å². The molecule has 2 aliphatic rings. The lowest BCUT2D eigenvalue weighted by Crippen LogP contribution is -2.37. The Morgan fingerprint density at radius 1 is 0.939 bits per heavy atom. The number of benzene rings is 3. The lowest BCUT2D eigenvalue weighted by atomic mass is 9.90. The molecule has 166 valence electrons. The van der Waals surface area contributed by atoms with E-state index < -0.39 is 35.8 Å². The first kappa shape index (κ1) is 21.2. The third-order valence-corrected chi connectivity index (χ3v) is 6.20. The van der Waals surface area contributed by atoms with Crippen LogP contribution < -0.4 is 9.96 Å². The van der Waals surface area contributed by atoms with Gasteiger partial charge in [0.15, 0.2) is 6.10 Å². The van der Waals surface area contributed by atoms with Crippen LogP contribution in [0.15, 0.2) is 72.8 Å². The van der Waals surface area contributed by atoms with Gasteiger partial charge < -0.3 is 5.11 Å². The monoisotopic (exact) mass is 462 g/mol. The topological polar surface area (TPSA) is 87.2 Å². The van der Waals surface area contributed by atoms with E-state index in [1.54, 1.807) is 23.3 Å². The maximum atomic E-state index is 13.6. The standard InChI is InChI=1S/C25H19ClN2O5/c1-14-5-9-19(10-6-14)28-21(16-3-2-4-17(26)13-16)20-22(33-28)24(30)27(23(20)29)18-11-7-15(8-12-18)25(31)32/h2-13,20-22H,1H3,(H,31,32)/t20-,21+,22+/m1/s1. The maximum absolute atomic E-state index is 13.6. The van der Waals surface area contributed by atoms with Crippen LogP contribution in [-0.2, 0) is 14.4 Å². The van der Waals surface area contributed by atoms with Crippen molar-refractivity contribution in [3.8, 4) is 0 Å². The molecule has 2 saturated heterocycles. The summed E-state index contributed by atoms with van der Waals surface area (Å²) in [5.74, 6) is -2.78. The Hall–Kier alpha value is -3.68. The SMILES string of the molecule is Cc1ccc(N2O[C@@H]3C(=O)N(c4ccc(C(=O)O)cc4)C(=O)[C@@H]3[C@@H]2c2cccc(Cl)c2)cc1. The van der Waals surface area contributed by atoms with Crippen LogP contribution in [0.2, 0.25) is 5.02 Å². The summed E-state index contributed by atoms with van der Waals surface area (Å²) in [4.78, 5) is 45.2. The predicted molar refractivity (Wildman–Crippen MR) is 122 cm³/mol. The number of hydroxylamine groups is 1. The summed E-state index contributed by atoms with van der Waals surface area (Å²) >= 11 is 6.24. The number of carboxylic acids is 1. The van der Waals surface area contributed by atoms with Crippen LogP contribution in [0.25, 0.3) is 0 Å². The average molecular weight is 463 g/mol. The summed E-state index contributed by atoms with van der Waals surface area (Å²) in [5.41, 5.74) is 2.91. The second-order valence-electron chi connectivity index (χ2n) is 8.08. The van der Waals surface area contributed by atoms with Gasteiger partial charge in [-0.2, -0.15) is 0 Å². The fourth-order valence-corrected chi connectivity index (χ4v) is 4.57. The van der Waals surface area contributed by atoms with E-state index in [2.05, 4.69) is 0 Å². The third kappa shape index (κ3) is 3.55. The number of hydrogen-bond donors (Lipinski definition) is 1. The Bertz CT molecular complexity index is 1260. The number of halogens is 1. The van der Waals surface area contributed by atoms with Crippen molar-refractivity contribution < 1.29 is 24.3 Å². The summed E-state index contributed by atoms with van der Waals surface area (Å²) in [5, 5.41) is 11.3. The number of anilines is 2. The molecule has 3 aromatic carbocycles. The highest BCUT2D eigenvalue weighted by Crippen LogP contribution is 2.47. The molecule has 2 heterocycles. The van der Waals surface area contributed by atoms with Crippen LogP contribution in [0, 0.1) is 12.8 Å². The third-order valence-electron chi connectivity index (χ3n) is 5.97. The van der Waals surface area contributed by atoms with Gasteiger partial charge in [-0.05, 0) is 61.0 Å². The maximum Gasteiger partial charge on any atom is 0.335 e. The summed E-state index contributed by atoms with van der Waals surface area (Å²) in [6.07, 6.45) is -1.01. The molecule has 1 N–H and O–H groups in total. The first-order valence-corrected chi connectivity index (χ1v) is 10.7. The molecule has 0 aliphatic carbocycles. The van der Waals surface area contributed by atoms with E-state index in [4.69, 9.17) is 21.5 Å². The van der Waals surface area contributed by atoms with Crippen LogP contribution in [0.3, 0.4) is 0 Å². The van der Waals surface area contributed by atoms with Crippen molar-refractivity contribution >= 4 is 40.8 Å². The fourth-order valence-electron chi connectivity index (χ4n) is 4.37. The lowest BCUT2D eigenvalue weighted by molar-refractivity contribution is -0.126. The molecular formula is C25H19ClN2O5. The number of carboxylic acid groups (broad SMARTS) is 1. The first-order valence-electron chi connectivity index (χ1n) is 10.3. The number of aryl methyl sites for hydroxylation is 1. The van der Waals surface area contributed by atoms with Gasteiger partial charge in [-0.15, -0.1) is 0 Å². The summed E-state index contributed by atoms with van der Waals surface area (Å²) in [6.45, 7) is 1.97. The molecule has 7 nitrogen and oxygen atoms in total. The highest BCUT2D eigenvalue weighted by Gasteiger charge is 2.60. The molecular weight excluding hydrogens is 444 g/mol. The highest BCUT2D eigenvalue weighted by atomic mass is 35.5. The van der Waals surface area contributed by atoms with Crippen molar-refractivity contribution in [3.05, 3.63) is 94.5 Å². The molecule has 0 radical (unpaired) electrons. The first-order chi connectivity index (χ1) is 15.8. The molecule has 0 bridgehead atoms. The van der Waals surface area contributed by atoms with Gasteiger partial charge in [0.25, 0.3) is 5.91 Å². The van der Waals surface area contributed by atoms with Crippen LogP contribution in [0.4, 0.5) is 11.4 Å². The van der Waals surface area contributed by atoms with E-state index in [9.17, 15) is 14.4 Å². The van der Waals surface area contributed by atoms with Crippen molar-refractivity contribution in [2.45, 2.75) is 19.1 Å². The number of carbonyl (C=O) groups excluding carboxylic acids is 2. The molecule has 33 heavy (non-hydrogen) atoms. The lowest BCUT2D eigenvalue weighted by Gasteiger charge is -2.29. The number of imide groups is 1. The summed E-state index contributed by atoms with van der Waals surface area (Å²) in [7, 11) is 0. The van der Waals surface area contributed by atoms with Gasteiger partial charge in [-0.25, -0.2) is 14.8 Å². The van der Waals surface area contributed by atoms with Gasteiger partial charge in [0, 0.05) is 5.02 Å². The van der Waals surface area contributed by atoms with Crippen molar-refractivity contribution in [1.82, 2.24) is 0 Å². The Balaban J connectivity index is 1.56. The number of carbonyl (C=O) groups is 3. The number of amides is 2. The van der Waals surface area contributed by atoms with Gasteiger partial charge >= 0.3 is 5.97 Å². The normalized spacial score (nSPS) is 22.1. The quantitative estimate of drug-likeness (QED) is 0.578. The van der Waals surface area contributed by atoms with Gasteiger partial charge in [-0.3, -0.25) is 14.4 Å². The van der Waals surface area contributed by atoms with Crippen LogP contribution in [-0.4, -0.2) is 29.0 Å². The number of aromatic carboxylic acids is 1. The Kier molecular flexibility index (Phi) is 5.15. The number of fused-ring (bicyclic) bond motifs is 1. The minimum atomic E-state index is -1.09. The van der Waals surface area contributed by atoms with Gasteiger partial charge in [-0.1, -0.05) is 41.4 Å². The predicted octanol–water partition coefficient (Wildman–Crippen LogP) is 4.40. The number of nitrogens with zero attached hydrogens (tertiary/aromatic N) is 2. The molecule has 2 amide bonds. The van der Waals surface area contributed by atoms with Crippen LogP contribution in [0.5, 0.6) is 0 Å². The Labute approximate surface area is 194 Å². The number of hydrogen-bond acceptors (Lipinski definition) is 5. The molecule has 8 heteroatoms. The molecule has 5 rings (SSSR count). The zero-order chi connectivity index (χ0) is 23.3. The molecule has 2 fully saturated rings. The molecule has 0 unspecified atom stereocenters. The van der Waals surface area contributed by atoms with E-state index in [1.807, 2.05) is 37.3 Å². The van der Waals surface area contributed by atoms with Crippen molar-refractivity contribution in [1.29, 1.82) is 0 Å². The minimum Gasteiger partial charge on any atom is -0.478 e. The molecule has 3 atom stereocenters. The molecule has 2 aliphatic heterocycles. The Morgan fingerprint density at radius 2 is 1.61 bits per heavy atom. The number of rotatable bonds is 4. The zero-order valence-electron chi connectivity index (χ0n) is 17.5. The largest absolute Gasteiger partial charge is 0.478 e. The summed E-state index contributed by atoms with van der Waals surface area (Å²) < 4.78 is 0. The molecule has 0 spiro atoms. The fraction of sp³-hybridized carbons (Fsp3) is 0.160. The Morgan fingerprint density at radius 3 is 2.24 bits per heavy atom. The van der Waals surface area contributed by atoms with E-state index in [0.29, 0.717) is 10.7 Å².